The number of aryl methyl sites for hydroxylation is 1. The van der Waals surface area contributed by atoms with E-state index >= 15 is 0 Å². The van der Waals surface area contributed by atoms with Crippen molar-refractivity contribution in [2.45, 2.75) is 29.3 Å². The van der Waals surface area contributed by atoms with Gasteiger partial charge in [-0.3, -0.25) is 4.98 Å². The second-order valence-electron chi connectivity index (χ2n) is 3.87. The molecule has 0 fully saturated rings. The summed E-state index contributed by atoms with van der Waals surface area (Å²) < 4.78 is 0. The molecular weight excluding hydrogens is 276 g/mol. The molecule has 0 aliphatic heterocycles. The minimum absolute atomic E-state index is 0.513. The Morgan fingerprint density at radius 2 is 2.16 bits per heavy atom. The van der Waals surface area contributed by atoms with Crippen LogP contribution in [-0.2, 0) is 12.2 Å². The van der Waals surface area contributed by atoms with Crippen LogP contribution >= 0.6 is 23.5 Å². The van der Waals surface area contributed by atoms with E-state index in [-0.39, 0.29) is 0 Å². The largest absolute Gasteiger partial charge is 0.384 e. The van der Waals surface area contributed by atoms with Gasteiger partial charge in [0.2, 0.25) is 0 Å². The minimum Gasteiger partial charge on any atom is -0.384 e. The summed E-state index contributed by atoms with van der Waals surface area (Å²) in [6.07, 6.45) is 4.78. The molecule has 2 rings (SSSR count). The third kappa shape index (κ3) is 3.84. The highest BCUT2D eigenvalue weighted by molar-refractivity contribution is 7.99. The van der Waals surface area contributed by atoms with Crippen LogP contribution in [0.2, 0.25) is 0 Å². The fourth-order valence-corrected chi connectivity index (χ4v) is 2.98. The molecule has 0 amide bonds. The van der Waals surface area contributed by atoms with Crippen LogP contribution in [0.1, 0.15) is 18.2 Å². The van der Waals surface area contributed by atoms with Gasteiger partial charge in [0.15, 0.2) is 5.16 Å². The van der Waals surface area contributed by atoms with Gasteiger partial charge in [0.25, 0.3) is 0 Å². The van der Waals surface area contributed by atoms with Gasteiger partial charge in [0.05, 0.1) is 5.69 Å². The number of thioether (sulfide) groups is 2. The molecule has 2 N–H and O–H groups in total. The molecule has 0 bridgehead atoms. The number of nitrogens with two attached hydrogens (primary N) is 1. The second kappa shape index (κ2) is 6.77. The summed E-state index contributed by atoms with van der Waals surface area (Å²) in [5.41, 5.74) is 8.12. The normalized spacial score (nSPS) is 10.6. The van der Waals surface area contributed by atoms with Gasteiger partial charge in [-0.25, -0.2) is 9.97 Å². The van der Waals surface area contributed by atoms with Crippen LogP contribution in [0.4, 0.5) is 5.82 Å². The van der Waals surface area contributed by atoms with Gasteiger partial charge in [-0.15, -0.1) is 11.8 Å². The molecule has 6 heteroatoms. The molecule has 2 heterocycles. The Kier molecular flexibility index (Phi) is 5.04. The average Bonchev–Trinajstić information content (AvgIpc) is 2.44. The Morgan fingerprint density at radius 3 is 2.89 bits per heavy atom. The van der Waals surface area contributed by atoms with E-state index in [4.69, 9.17) is 5.73 Å². The van der Waals surface area contributed by atoms with Crippen molar-refractivity contribution in [2.75, 3.05) is 12.0 Å². The third-order valence-corrected chi connectivity index (χ3v) is 4.10. The second-order valence-corrected chi connectivity index (χ2v) is 5.64. The number of nitrogens with zero attached hydrogens (tertiary/aromatic N) is 3. The molecule has 2 aromatic rings. The fourth-order valence-electron chi connectivity index (χ4n) is 1.65. The number of pyridine rings is 1. The highest BCUT2D eigenvalue weighted by atomic mass is 32.2. The van der Waals surface area contributed by atoms with E-state index in [0.717, 1.165) is 22.9 Å². The van der Waals surface area contributed by atoms with Gasteiger partial charge in [0, 0.05) is 18.0 Å². The molecule has 0 spiro atoms. The van der Waals surface area contributed by atoms with Crippen molar-refractivity contribution in [3.63, 3.8) is 0 Å². The van der Waals surface area contributed by atoms with Crippen LogP contribution in [-0.4, -0.2) is 21.2 Å². The highest BCUT2D eigenvalue weighted by Crippen LogP contribution is 2.23. The lowest BCUT2D eigenvalue weighted by molar-refractivity contribution is 0.898. The number of nitrogen functional groups attached to an aromatic ring is 1. The summed E-state index contributed by atoms with van der Waals surface area (Å²) in [6, 6.07) is 5.86. The van der Waals surface area contributed by atoms with Crippen molar-refractivity contribution < 1.29 is 0 Å². The summed E-state index contributed by atoms with van der Waals surface area (Å²) >= 11 is 3.14. The Hall–Kier alpha value is -1.27. The first kappa shape index (κ1) is 14.1. The zero-order valence-corrected chi connectivity index (χ0v) is 12.6. The van der Waals surface area contributed by atoms with Crippen molar-refractivity contribution in [3.8, 4) is 0 Å². The maximum Gasteiger partial charge on any atom is 0.190 e. The third-order valence-electron chi connectivity index (χ3n) is 2.61. The molecule has 0 aliphatic rings. The topological polar surface area (TPSA) is 64.7 Å². The summed E-state index contributed by atoms with van der Waals surface area (Å²) in [5.74, 6) is 1.28. The number of aromatic nitrogens is 3. The van der Waals surface area contributed by atoms with E-state index in [1.54, 1.807) is 29.6 Å². The first-order valence-electron chi connectivity index (χ1n) is 5.97. The number of anilines is 1. The van der Waals surface area contributed by atoms with Gasteiger partial charge in [-0.2, -0.15) is 0 Å². The molecule has 0 aromatic carbocycles. The summed E-state index contributed by atoms with van der Waals surface area (Å²) in [7, 11) is 0. The van der Waals surface area contributed by atoms with E-state index in [0.29, 0.717) is 11.0 Å². The van der Waals surface area contributed by atoms with Crippen LogP contribution in [0.25, 0.3) is 0 Å². The molecule has 0 atom stereocenters. The van der Waals surface area contributed by atoms with Crippen LogP contribution in [0, 0.1) is 0 Å². The first-order chi connectivity index (χ1) is 9.22. The SMILES string of the molecule is CCc1cccnc1CSc1nc(N)cc(SC)n1. The lowest BCUT2D eigenvalue weighted by Crippen LogP contribution is -1.98. The van der Waals surface area contributed by atoms with E-state index < -0.39 is 0 Å². The van der Waals surface area contributed by atoms with Gasteiger partial charge < -0.3 is 5.73 Å². The molecule has 0 radical (unpaired) electrons. The van der Waals surface area contributed by atoms with Crippen molar-refractivity contribution >= 4 is 29.3 Å². The van der Waals surface area contributed by atoms with Crippen molar-refractivity contribution in [3.05, 3.63) is 35.7 Å². The number of hydrogen-bond acceptors (Lipinski definition) is 6. The van der Waals surface area contributed by atoms with Crippen molar-refractivity contribution in [1.29, 1.82) is 0 Å². The van der Waals surface area contributed by atoms with E-state index in [1.165, 1.54) is 5.56 Å². The molecule has 2 aromatic heterocycles. The van der Waals surface area contributed by atoms with E-state index in [2.05, 4.69) is 27.9 Å². The van der Waals surface area contributed by atoms with E-state index in [9.17, 15) is 0 Å². The molecule has 4 nitrogen and oxygen atoms in total. The summed E-state index contributed by atoms with van der Waals surface area (Å²) in [4.78, 5) is 13.1. The number of hydrogen-bond donors (Lipinski definition) is 1. The molecule has 0 aliphatic carbocycles. The Labute approximate surface area is 121 Å². The molecule has 100 valence electrons. The maximum atomic E-state index is 5.77. The van der Waals surface area contributed by atoms with Crippen LogP contribution in [0.3, 0.4) is 0 Å². The molecule has 19 heavy (non-hydrogen) atoms. The molecular formula is C13H16N4S2. The Bertz CT molecular complexity index is 560. The van der Waals surface area contributed by atoms with Crippen molar-refractivity contribution in [2.24, 2.45) is 0 Å². The predicted molar refractivity (Wildman–Crippen MR) is 81.4 cm³/mol. The van der Waals surface area contributed by atoms with Gasteiger partial charge >= 0.3 is 0 Å². The first-order valence-corrected chi connectivity index (χ1v) is 8.18. The van der Waals surface area contributed by atoms with E-state index in [1.807, 2.05) is 18.5 Å². The highest BCUT2D eigenvalue weighted by Gasteiger charge is 2.06. The predicted octanol–water partition coefficient (Wildman–Crippen LogP) is 3.03. The lowest BCUT2D eigenvalue weighted by atomic mass is 10.1. The Balaban J connectivity index is 2.12. The maximum absolute atomic E-state index is 5.77. The van der Waals surface area contributed by atoms with Crippen molar-refractivity contribution in [1.82, 2.24) is 15.0 Å². The Morgan fingerprint density at radius 1 is 1.32 bits per heavy atom. The summed E-state index contributed by atoms with van der Waals surface area (Å²) in [5, 5.41) is 1.60. The van der Waals surface area contributed by atoms with Crippen LogP contribution in [0.15, 0.2) is 34.6 Å². The average molecular weight is 292 g/mol. The fraction of sp³-hybridized carbons (Fsp3) is 0.308. The smallest absolute Gasteiger partial charge is 0.190 e. The van der Waals surface area contributed by atoms with Gasteiger partial charge in [-0.1, -0.05) is 24.8 Å². The molecule has 0 saturated carbocycles. The summed E-state index contributed by atoms with van der Waals surface area (Å²) in [6.45, 7) is 2.13. The van der Waals surface area contributed by atoms with Gasteiger partial charge in [0.1, 0.15) is 10.8 Å². The number of rotatable bonds is 5. The van der Waals surface area contributed by atoms with Crippen LogP contribution in [0.5, 0.6) is 0 Å². The minimum atomic E-state index is 0.513. The standard InChI is InChI=1S/C13H16N4S2/c1-3-9-5-4-6-15-10(9)8-19-13-16-11(14)7-12(17-13)18-2/h4-7H,3,8H2,1-2H3,(H2,14,16,17). The molecule has 0 saturated heterocycles. The van der Waals surface area contributed by atoms with Crippen LogP contribution < -0.4 is 5.73 Å². The van der Waals surface area contributed by atoms with Gasteiger partial charge in [-0.05, 0) is 24.3 Å². The zero-order valence-electron chi connectivity index (χ0n) is 11.0. The monoisotopic (exact) mass is 292 g/mol. The quantitative estimate of drug-likeness (QED) is 0.519. The zero-order chi connectivity index (χ0) is 13.7. The molecule has 0 unspecified atom stereocenters. The lowest BCUT2D eigenvalue weighted by Gasteiger charge is -2.06.